The molecule has 6 heteroatoms. The molecular formula is C20H24N2O3S. The maximum absolute atomic E-state index is 12.6. The van der Waals surface area contributed by atoms with Crippen LogP contribution in [0.2, 0.25) is 0 Å². The number of rotatable bonds is 5. The first-order chi connectivity index (χ1) is 12.4. The number of hydrogen-bond acceptors (Lipinski definition) is 3. The maximum atomic E-state index is 12.6. The third kappa shape index (κ3) is 3.75. The summed E-state index contributed by atoms with van der Waals surface area (Å²) in [7, 11) is -3.29. The van der Waals surface area contributed by atoms with Gasteiger partial charge in [0, 0.05) is 12.1 Å². The van der Waals surface area contributed by atoms with Gasteiger partial charge in [-0.05, 0) is 56.0 Å². The van der Waals surface area contributed by atoms with Crippen LogP contribution in [0.5, 0.6) is 0 Å². The summed E-state index contributed by atoms with van der Waals surface area (Å²) in [6.45, 7) is 4.09. The molecule has 0 saturated carbocycles. The molecule has 0 unspecified atom stereocenters. The molecule has 0 aliphatic carbocycles. The summed E-state index contributed by atoms with van der Waals surface area (Å²) in [5.41, 5.74) is 3.21. The van der Waals surface area contributed by atoms with E-state index >= 15 is 0 Å². The van der Waals surface area contributed by atoms with Gasteiger partial charge >= 0.3 is 0 Å². The predicted octanol–water partition coefficient (Wildman–Crippen LogP) is 3.28. The van der Waals surface area contributed by atoms with Crippen molar-refractivity contribution in [2.75, 3.05) is 16.6 Å². The number of hydrogen-bond donors (Lipinski definition) is 1. The van der Waals surface area contributed by atoms with E-state index < -0.39 is 10.0 Å². The Balaban J connectivity index is 1.81. The van der Waals surface area contributed by atoms with Gasteiger partial charge in [0.25, 0.3) is 5.91 Å². The fourth-order valence-electron chi connectivity index (χ4n) is 3.25. The standard InChI is InChI=1S/C20H24N2O3S/c1-3-26(24,25)22-13-7-10-17-14-18(11-12-19(17)22)20(23)21-15(2)16-8-5-4-6-9-16/h4-6,8-9,11-12,14-15H,3,7,10,13H2,1-2H3,(H,21,23)/t15-/m1/s1. The van der Waals surface area contributed by atoms with Crippen molar-refractivity contribution in [1.82, 2.24) is 5.32 Å². The summed E-state index contributed by atoms with van der Waals surface area (Å²) in [5, 5.41) is 3.00. The van der Waals surface area contributed by atoms with E-state index in [1.807, 2.05) is 43.3 Å². The van der Waals surface area contributed by atoms with Crippen LogP contribution in [0, 0.1) is 0 Å². The Morgan fingerprint density at radius 3 is 2.62 bits per heavy atom. The molecule has 1 aliphatic rings. The average Bonchev–Trinajstić information content (AvgIpc) is 2.67. The Morgan fingerprint density at radius 2 is 1.92 bits per heavy atom. The van der Waals surface area contributed by atoms with Crippen molar-refractivity contribution >= 4 is 21.6 Å². The van der Waals surface area contributed by atoms with Crippen molar-refractivity contribution in [3.05, 3.63) is 65.2 Å². The maximum Gasteiger partial charge on any atom is 0.251 e. The molecule has 0 radical (unpaired) electrons. The number of nitrogens with zero attached hydrogens (tertiary/aromatic N) is 1. The van der Waals surface area contributed by atoms with Crippen LogP contribution in [0.4, 0.5) is 5.69 Å². The number of carbonyl (C=O) groups excluding carboxylic acids is 1. The first kappa shape index (κ1) is 18.5. The molecule has 26 heavy (non-hydrogen) atoms. The van der Waals surface area contributed by atoms with Gasteiger partial charge in [0.2, 0.25) is 10.0 Å². The van der Waals surface area contributed by atoms with Crippen molar-refractivity contribution in [2.45, 2.75) is 32.7 Å². The van der Waals surface area contributed by atoms with Gasteiger partial charge in [-0.25, -0.2) is 8.42 Å². The van der Waals surface area contributed by atoms with Crippen molar-refractivity contribution in [3.8, 4) is 0 Å². The molecule has 0 spiro atoms. The summed E-state index contributed by atoms with van der Waals surface area (Å²) in [6.07, 6.45) is 1.54. The van der Waals surface area contributed by atoms with Crippen LogP contribution in [0.15, 0.2) is 48.5 Å². The molecule has 0 aromatic heterocycles. The molecule has 138 valence electrons. The number of nitrogens with one attached hydrogen (secondary N) is 1. The minimum absolute atomic E-state index is 0.0727. The van der Waals surface area contributed by atoms with E-state index in [1.54, 1.807) is 19.1 Å². The molecule has 1 amide bonds. The largest absolute Gasteiger partial charge is 0.346 e. The van der Waals surface area contributed by atoms with Crippen molar-refractivity contribution in [1.29, 1.82) is 0 Å². The highest BCUT2D eigenvalue weighted by Gasteiger charge is 2.26. The number of benzene rings is 2. The van der Waals surface area contributed by atoms with Crippen LogP contribution in [0.25, 0.3) is 0 Å². The van der Waals surface area contributed by atoms with Gasteiger partial charge in [-0.3, -0.25) is 9.10 Å². The monoisotopic (exact) mass is 372 g/mol. The number of fused-ring (bicyclic) bond motifs is 1. The first-order valence-electron chi connectivity index (χ1n) is 8.91. The zero-order valence-electron chi connectivity index (χ0n) is 15.1. The second-order valence-electron chi connectivity index (χ2n) is 6.53. The van der Waals surface area contributed by atoms with E-state index in [4.69, 9.17) is 0 Å². The molecule has 1 heterocycles. The Labute approximate surface area is 155 Å². The molecule has 0 saturated heterocycles. The Kier molecular flexibility index (Phi) is 5.32. The molecule has 1 N–H and O–H groups in total. The highest BCUT2D eigenvalue weighted by Crippen LogP contribution is 2.30. The topological polar surface area (TPSA) is 66.5 Å². The van der Waals surface area contributed by atoms with Gasteiger partial charge in [0.15, 0.2) is 0 Å². The van der Waals surface area contributed by atoms with Crippen LogP contribution in [0.1, 0.15) is 47.8 Å². The van der Waals surface area contributed by atoms with Crippen molar-refractivity contribution in [3.63, 3.8) is 0 Å². The second-order valence-corrected chi connectivity index (χ2v) is 8.71. The van der Waals surface area contributed by atoms with Gasteiger partial charge in [-0.15, -0.1) is 0 Å². The molecule has 1 atom stereocenters. The summed E-state index contributed by atoms with van der Waals surface area (Å²) >= 11 is 0. The third-order valence-electron chi connectivity index (χ3n) is 4.77. The van der Waals surface area contributed by atoms with Gasteiger partial charge in [-0.1, -0.05) is 30.3 Å². The lowest BCUT2D eigenvalue weighted by Gasteiger charge is -2.30. The number of amides is 1. The smallest absolute Gasteiger partial charge is 0.251 e. The highest BCUT2D eigenvalue weighted by atomic mass is 32.2. The minimum atomic E-state index is -3.29. The molecule has 2 aromatic rings. The van der Waals surface area contributed by atoms with E-state index in [0.29, 0.717) is 17.8 Å². The normalized spacial score (nSPS) is 15.2. The SMILES string of the molecule is CCS(=O)(=O)N1CCCc2cc(C(=O)N[C@H](C)c3ccccc3)ccc21. The first-order valence-corrected chi connectivity index (χ1v) is 10.5. The van der Waals surface area contributed by atoms with E-state index in [0.717, 1.165) is 24.0 Å². The van der Waals surface area contributed by atoms with Gasteiger partial charge in [0.1, 0.15) is 0 Å². The van der Waals surface area contributed by atoms with Crippen molar-refractivity contribution in [2.24, 2.45) is 0 Å². The lowest BCUT2D eigenvalue weighted by Crippen LogP contribution is -2.36. The fourth-order valence-corrected chi connectivity index (χ4v) is 4.45. The molecule has 0 bridgehead atoms. The average molecular weight is 372 g/mol. The summed E-state index contributed by atoms with van der Waals surface area (Å²) < 4.78 is 26.0. The van der Waals surface area contributed by atoms with Gasteiger partial charge in [0.05, 0.1) is 17.5 Å². The van der Waals surface area contributed by atoms with Crippen LogP contribution < -0.4 is 9.62 Å². The zero-order valence-corrected chi connectivity index (χ0v) is 15.9. The molecular weight excluding hydrogens is 348 g/mol. The van der Waals surface area contributed by atoms with Crippen LogP contribution >= 0.6 is 0 Å². The lowest BCUT2D eigenvalue weighted by atomic mass is 10.00. The summed E-state index contributed by atoms with van der Waals surface area (Å²) in [5.74, 6) is -0.0804. The second kappa shape index (κ2) is 7.50. The summed E-state index contributed by atoms with van der Waals surface area (Å²) in [6, 6.07) is 15.0. The summed E-state index contributed by atoms with van der Waals surface area (Å²) in [4.78, 5) is 12.6. The van der Waals surface area contributed by atoms with Crippen LogP contribution in [-0.4, -0.2) is 26.6 Å². The van der Waals surface area contributed by atoms with Crippen LogP contribution in [-0.2, 0) is 16.4 Å². The number of aryl methyl sites for hydroxylation is 1. The van der Waals surface area contributed by atoms with E-state index in [-0.39, 0.29) is 17.7 Å². The Bertz CT molecular complexity index is 895. The molecule has 3 rings (SSSR count). The van der Waals surface area contributed by atoms with Crippen molar-refractivity contribution < 1.29 is 13.2 Å². The van der Waals surface area contributed by atoms with E-state index in [1.165, 1.54) is 4.31 Å². The molecule has 2 aromatic carbocycles. The molecule has 1 aliphatic heterocycles. The zero-order chi connectivity index (χ0) is 18.7. The Morgan fingerprint density at radius 1 is 1.19 bits per heavy atom. The quantitative estimate of drug-likeness (QED) is 0.876. The van der Waals surface area contributed by atoms with E-state index in [9.17, 15) is 13.2 Å². The van der Waals surface area contributed by atoms with E-state index in [2.05, 4.69) is 5.32 Å². The number of sulfonamides is 1. The lowest BCUT2D eigenvalue weighted by molar-refractivity contribution is 0.0940. The third-order valence-corrected chi connectivity index (χ3v) is 6.55. The molecule has 0 fully saturated rings. The fraction of sp³-hybridized carbons (Fsp3) is 0.350. The van der Waals surface area contributed by atoms with Gasteiger partial charge in [-0.2, -0.15) is 0 Å². The number of carbonyl (C=O) groups is 1. The minimum Gasteiger partial charge on any atom is -0.346 e. The van der Waals surface area contributed by atoms with Crippen LogP contribution in [0.3, 0.4) is 0 Å². The Hall–Kier alpha value is -2.34. The van der Waals surface area contributed by atoms with Gasteiger partial charge < -0.3 is 5.32 Å². The number of anilines is 1. The predicted molar refractivity (Wildman–Crippen MR) is 104 cm³/mol. The highest BCUT2D eigenvalue weighted by molar-refractivity contribution is 7.92. The molecule has 5 nitrogen and oxygen atoms in total.